The summed E-state index contributed by atoms with van der Waals surface area (Å²) in [4.78, 5) is 12.6. The van der Waals surface area contributed by atoms with Crippen LogP contribution in [0.2, 0.25) is 0 Å². The number of hydrogen-bond donors (Lipinski definition) is 1. The summed E-state index contributed by atoms with van der Waals surface area (Å²) in [7, 11) is 0. The Morgan fingerprint density at radius 1 is 1.22 bits per heavy atom. The second-order valence-electron chi connectivity index (χ2n) is 5.91. The summed E-state index contributed by atoms with van der Waals surface area (Å²) < 4.78 is 0. The van der Waals surface area contributed by atoms with Gasteiger partial charge >= 0.3 is 0 Å². The highest BCUT2D eigenvalue weighted by Gasteiger charge is 2.41. The lowest BCUT2D eigenvalue weighted by molar-refractivity contribution is -0.126. The fourth-order valence-electron chi connectivity index (χ4n) is 3.14. The van der Waals surface area contributed by atoms with Crippen LogP contribution in [0.25, 0.3) is 0 Å². The van der Waals surface area contributed by atoms with E-state index in [1.807, 2.05) is 30.3 Å². The Hall–Kier alpha value is -1.31. The van der Waals surface area contributed by atoms with E-state index < -0.39 is 0 Å². The molecule has 0 aromatic heterocycles. The van der Waals surface area contributed by atoms with Gasteiger partial charge in [0.05, 0.1) is 0 Å². The predicted octanol–water partition coefficient (Wildman–Crippen LogP) is 4.23. The fraction of sp³-hybridized carbons (Fsp3) is 0.562. The van der Waals surface area contributed by atoms with Gasteiger partial charge in [0.2, 0.25) is 5.91 Å². The highest BCUT2D eigenvalue weighted by atomic mass is 16.2. The van der Waals surface area contributed by atoms with E-state index in [0.29, 0.717) is 5.92 Å². The van der Waals surface area contributed by atoms with Crippen LogP contribution in [0.4, 0.5) is 5.69 Å². The number of amides is 1. The van der Waals surface area contributed by atoms with Crippen molar-refractivity contribution < 1.29 is 4.79 Å². The molecule has 0 spiro atoms. The smallest absolute Gasteiger partial charge is 0.230 e. The molecule has 1 aromatic carbocycles. The molecule has 0 unspecified atom stereocenters. The molecule has 98 valence electrons. The van der Waals surface area contributed by atoms with Gasteiger partial charge in [-0.25, -0.2) is 0 Å². The monoisotopic (exact) mass is 245 g/mol. The summed E-state index contributed by atoms with van der Waals surface area (Å²) in [6.07, 6.45) is 5.48. The second kappa shape index (κ2) is 5.55. The van der Waals surface area contributed by atoms with Crippen molar-refractivity contribution in [2.45, 2.75) is 46.0 Å². The number of hydrogen-bond acceptors (Lipinski definition) is 1. The molecule has 0 bridgehead atoms. The molecular formula is C16H23NO. The quantitative estimate of drug-likeness (QED) is 0.845. The van der Waals surface area contributed by atoms with E-state index in [4.69, 9.17) is 0 Å². The van der Waals surface area contributed by atoms with Crippen molar-refractivity contribution in [1.29, 1.82) is 0 Å². The van der Waals surface area contributed by atoms with E-state index in [-0.39, 0.29) is 11.3 Å². The molecule has 2 rings (SSSR count). The Bertz CT molecular complexity index is 391. The largest absolute Gasteiger partial charge is 0.326 e. The molecule has 0 heterocycles. The summed E-state index contributed by atoms with van der Waals surface area (Å²) in [5, 5.41) is 3.09. The van der Waals surface area contributed by atoms with Crippen molar-refractivity contribution in [3.8, 4) is 0 Å². The van der Waals surface area contributed by atoms with E-state index >= 15 is 0 Å². The summed E-state index contributed by atoms with van der Waals surface area (Å²) in [6, 6.07) is 9.79. The maximum Gasteiger partial charge on any atom is 0.230 e. The van der Waals surface area contributed by atoms with Gasteiger partial charge < -0.3 is 5.32 Å². The van der Waals surface area contributed by atoms with Gasteiger partial charge in [-0.15, -0.1) is 0 Å². The molecule has 0 saturated heterocycles. The number of anilines is 1. The van der Waals surface area contributed by atoms with Gasteiger partial charge in [-0.05, 0) is 37.3 Å². The van der Waals surface area contributed by atoms with E-state index in [1.54, 1.807) is 0 Å². The Morgan fingerprint density at radius 2 is 1.83 bits per heavy atom. The summed E-state index contributed by atoms with van der Waals surface area (Å²) in [6.45, 7) is 4.41. The molecule has 1 fully saturated rings. The van der Waals surface area contributed by atoms with Crippen molar-refractivity contribution >= 4 is 11.6 Å². The lowest BCUT2D eigenvalue weighted by Gasteiger charge is -2.29. The molecule has 1 aliphatic carbocycles. The van der Waals surface area contributed by atoms with Gasteiger partial charge in [0, 0.05) is 11.1 Å². The zero-order valence-corrected chi connectivity index (χ0v) is 11.4. The topological polar surface area (TPSA) is 29.1 Å². The first-order valence-electron chi connectivity index (χ1n) is 6.99. The molecule has 1 aliphatic rings. The minimum atomic E-state index is -0.121. The van der Waals surface area contributed by atoms with Gasteiger partial charge in [-0.1, -0.05) is 44.9 Å². The lowest BCUT2D eigenvalue weighted by Crippen LogP contribution is -2.35. The highest BCUT2D eigenvalue weighted by Crippen LogP contribution is 2.44. The molecular weight excluding hydrogens is 222 g/mol. The van der Waals surface area contributed by atoms with Crippen molar-refractivity contribution in [2.24, 2.45) is 11.3 Å². The molecule has 2 nitrogen and oxygen atoms in total. The first-order chi connectivity index (χ1) is 8.62. The number of rotatable bonds is 4. The molecule has 0 radical (unpaired) electrons. The fourth-order valence-corrected chi connectivity index (χ4v) is 3.14. The van der Waals surface area contributed by atoms with Crippen molar-refractivity contribution in [2.75, 3.05) is 5.32 Å². The van der Waals surface area contributed by atoms with Crippen LogP contribution in [-0.4, -0.2) is 5.91 Å². The number of carbonyl (C=O) groups excluding carboxylic acids is 1. The van der Waals surface area contributed by atoms with Gasteiger partial charge in [0.1, 0.15) is 0 Å². The molecule has 2 heteroatoms. The van der Waals surface area contributed by atoms with Gasteiger partial charge in [0.15, 0.2) is 0 Å². The molecule has 0 aliphatic heterocycles. The van der Waals surface area contributed by atoms with Crippen LogP contribution in [0.15, 0.2) is 30.3 Å². The Morgan fingerprint density at radius 3 is 2.39 bits per heavy atom. The molecule has 1 amide bonds. The van der Waals surface area contributed by atoms with Crippen LogP contribution in [0.3, 0.4) is 0 Å². The van der Waals surface area contributed by atoms with Crippen LogP contribution in [0.5, 0.6) is 0 Å². The number of benzene rings is 1. The van der Waals surface area contributed by atoms with Crippen LogP contribution in [-0.2, 0) is 4.79 Å². The van der Waals surface area contributed by atoms with E-state index in [0.717, 1.165) is 24.9 Å². The maximum atomic E-state index is 12.6. The summed E-state index contributed by atoms with van der Waals surface area (Å²) in [5.41, 5.74) is 0.793. The lowest BCUT2D eigenvalue weighted by atomic mass is 9.77. The van der Waals surface area contributed by atoms with Crippen LogP contribution in [0.1, 0.15) is 46.0 Å². The van der Waals surface area contributed by atoms with Crippen molar-refractivity contribution in [3.05, 3.63) is 30.3 Å². The Labute approximate surface area is 110 Å². The second-order valence-corrected chi connectivity index (χ2v) is 5.91. The minimum absolute atomic E-state index is 0.121. The van der Waals surface area contributed by atoms with Gasteiger partial charge in [-0.2, -0.15) is 0 Å². The van der Waals surface area contributed by atoms with Crippen LogP contribution >= 0.6 is 0 Å². The number of carbonyl (C=O) groups is 1. The number of nitrogens with one attached hydrogen (secondary N) is 1. The maximum absolute atomic E-state index is 12.6. The van der Waals surface area contributed by atoms with Gasteiger partial charge in [0.25, 0.3) is 0 Å². The predicted molar refractivity (Wildman–Crippen MR) is 75.4 cm³/mol. The van der Waals surface area contributed by atoms with Crippen molar-refractivity contribution in [1.82, 2.24) is 0 Å². The molecule has 1 N–H and O–H groups in total. The van der Waals surface area contributed by atoms with Crippen LogP contribution < -0.4 is 5.32 Å². The summed E-state index contributed by atoms with van der Waals surface area (Å²) >= 11 is 0. The molecule has 1 saturated carbocycles. The van der Waals surface area contributed by atoms with Crippen molar-refractivity contribution in [3.63, 3.8) is 0 Å². The van der Waals surface area contributed by atoms with Gasteiger partial charge in [-0.3, -0.25) is 4.79 Å². The SMILES string of the molecule is CC(C)CC1(C(=O)Nc2ccccc2)CCCC1. The zero-order valence-electron chi connectivity index (χ0n) is 11.4. The molecule has 1 aromatic rings. The first-order valence-corrected chi connectivity index (χ1v) is 6.99. The normalized spacial score (nSPS) is 17.9. The molecule has 18 heavy (non-hydrogen) atoms. The standard InChI is InChI=1S/C16H23NO/c1-13(2)12-16(10-6-7-11-16)15(18)17-14-8-4-3-5-9-14/h3-5,8-9,13H,6-7,10-12H2,1-2H3,(H,17,18). The average molecular weight is 245 g/mol. The average Bonchev–Trinajstić information content (AvgIpc) is 2.79. The third-order valence-corrected chi connectivity index (χ3v) is 3.87. The Kier molecular flexibility index (Phi) is 4.05. The number of para-hydroxylation sites is 1. The first kappa shape index (κ1) is 13.1. The Balaban J connectivity index is 2.09. The zero-order chi connectivity index (χ0) is 13.0. The third kappa shape index (κ3) is 2.92. The highest BCUT2D eigenvalue weighted by molar-refractivity contribution is 5.95. The minimum Gasteiger partial charge on any atom is -0.326 e. The van der Waals surface area contributed by atoms with E-state index in [2.05, 4.69) is 19.2 Å². The summed E-state index contributed by atoms with van der Waals surface area (Å²) in [5.74, 6) is 0.796. The van der Waals surface area contributed by atoms with E-state index in [9.17, 15) is 4.79 Å². The third-order valence-electron chi connectivity index (χ3n) is 3.87. The molecule has 0 atom stereocenters. The van der Waals surface area contributed by atoms with E-state index in [1.165, 1.54) is 12.8 Å². The van der Waals surface area contributed by atoms with Crippen LogP contribution in [0, 0.1) is 11.3 Å².